The predicted octanol–water partition coefficient (Wildman–Crippen LogP) is 3.47. The zero-order valence-corrected chi connectivity index (χ0v) is 10.2. The first kappa shape index (κ1) is 11.0. The fourth-order valence-electron chi connectivity index (χ4n) is 3.44. The third-order valence-electron chi connectivity index (χ3n) is 4.69. The monoisotopic (exact) mass is 209 g/mol. The van der Waals surface area contributed by atoms with Gasteiger partial charge >= 0.3 is 0 Å². The maximum absolute atomic E-state index is 4.51. The van der Waals surface area contributed by atoms with E-state index >= 15 is 0 Å². The fourth-order valence-corrected chi connectivity index (χ4v) is 3.44. The van der Waals surface area contributed by atoms with Gasteiger partial charge in [-0.2, -0.15) is 0 Å². The number of rotatable bonds is 0. The molecule has 3 fully saturated rings. The Kier molecular flexibility index (Phi) is 3.03. The summed E-state index contributed by atoms with van der Waals surface area (Å²) in [5.74, 6) is 3.15. The molecule has 1 aliphatic heterocycles. The van der Waals surface area contributed by atoms with E-state index in [-0.39, 0.29) is 0 Å². The second-order valence-electron chi connectivity index (χ2n) is 5.83. The molecular formula is C13H23NO. The smallest absolute Gasteiger partial charge is 0.122 e. The Morgan fingerprint density at radius 3 is 2.40 bits per heavy atom. The molecule has 4 aliphatic rings. The minimum absolute atomic E-state index is 0.706. The van der Waals surface area contributed by atoms with Gasteiger partial charge in [0.2, 0.25) is 0 Å². The van der Waals surface area contributed by atoms with E-state index in [2.05, 4.69) is 30.8 Å². The molecule has 0 N–H and O–H groups in total. The summed E-state index contributed by atoms with van der Waals surface area (Å²) in [6.45, 7) is 8.13. The van der Waals surface area contributed by atoms with E-state index in [0.29, 0.717) is 5.41 Å². The van der Waals surface area contributed by atoms with Crippen molar-refractivity contribution in [3.8, 4) is 0 Å². The van der Waals surface area contributed by atoms with Crippen LogP contribution in [0.5, 0.6) is 0 Å². The first-order valence-corrected chi connectivity index (χ1v) is 6.26. The predicted molar refractivity (Wildman–Crippen MR) is 62.8 cm³/mol. The molecule has 3 atom stereocenters. The molecule has 3 saturated carbocycles. The van der Waals surface area contributed by atoms with Gasteiger partial charge in [-0.3, -0.25) is 0 Å². The Hall–Kier alpha value is -0.530. The second-order valence-corrected chi connectivity index (χ2v) is 5.83. The van der Waals surface area contributed by atoms with Gasteiger partial charge in [-0.05, 0) is 36.0 Å². The highest BCUT2D eigenvalue weighted by Crippen LogP contribution is 2.61. The zero-order chi connectivity index (χ0) is 10.9. The van der Waals surface area contributed by atoms with Crippen molar-refractivity contribution in [2.45, 2.75) is 46.5 Å². The van der Waals surface area contributed by atoms with E-state index < -0.39 is 0 Å². The molecule has 0 aromatic heterocycles. The lowest BCUT2D eigenvalue weighted by molar-refractivity contribution is -0.0988. The zero-order valence-electron chi connectivity index (χ0n) is 10.2. The molecule has 2 nitrogen and oxygen atoms in total. The summed E-state index contributed by atoms with van der Waals surface area (Å²) in [7, 11) is 0. The van der Waals surface area contributed by atoms with Crippen LogP contribution in [0.25, 0.3) is 0 Å². The van der Waals surface area contributed by atoms with Crippen LogP contribution in [0.3, 0.4) is 0 Å². The molecule has 2 bridgehead atoms. The highest BCUT2D eigenvalue weighted by atomic mass is 16.6. The van der Waals surface area contributed by atoms with Crippen molar-refractivity contribution in [1.82, 2.24) is 0 Å². The van der Waals surface area contributed by atoms with Gasteiger partial charge in [0.05, 0.1) is 0 Å². The number of fused-ring (bicyclic) bond motifs is 2. The van der Waals surface area contributed by atoms with Crippen LogP contribution in [0.2, 0.25) is 0 Å². The minimum atomic E-state index is 0.706. The van der Waals surface area contributed by atoms with Crippen LogP contribution in [-0.4, -0.2) is 12.8 Å². The molecule has 0 saturated heterocycles. The van der Waals surface area contributed by atoms with Crippen LogP contribution >= 0.6 is 0 Å². The summed E-state index contributed by atoms with van der Waals surface area (Å²) in [6.07, 6.45) is 7.29. The molecule has 1 heterocycles. The Balaban J connectivity index is 0.000000144. The van der Waals surface area contributed by atoms with E-state index in [9.17, 15) is 0 Å². The molecule has 86 valence electrons. The van der Waals surface area contributed by atoms with E-state index in [1.807, 2.05) is 0 Å². The first-order valence-electron chi connectivity index (χ1n) is 6.26. The molecule has 15 heavy (non-hydrogen) atoms. The van der Waals surface area contributed by atoms with Crippen molar-refractivity contribution < 1.29 is 4.84 Å². The lowest BCUT2D eigenvalue weighted by Crippen LogP contribution is -2.51. The fraction of sp³-hybridized carbons (Fsp3) is 0.923. The topological polar surface area (TPSA) is 21.6 Å². The largest absolute Gasteiger partial charge is 0.396 e. The van der Waals surface area contributed by atoms with Crippen LogP contribution in [0.1, 0.15) is 46.5 Å². The van der Waals surface area contributed by atoms with Gasteiger partial charge in [0, 0.05) is 12.6 Å². The SMILES string of the molecule is C1=NOCC1.CC1CCC2CC1C2(C)C. The summed E-state index contributed by atoms with van der Waals surface area (Å²) in [4.78, 5) is 4.51. The second kappa shape index (κ2) is 4.15. The Morgan fingerprint density at radius 1 is 1.33 bits per heavy atom. The Labute approximate surface area is 93.1 Å². The Morgan fingerprint density at radius 2 is 2.13 bits per heavy atom. The average molecular weight is 209 g/mol. The van der Waals surface area contributed by atoms with Crippen LogP contribution in [0.15, 0.2) is 5.16 Å². The third-order valence-corrected chi connectivity index (χ3v) is 4.69. The van der Waals surface area contributed by atoms with Crippen LogP contribution in [0.4, 0.5) is 0 Å². The number of nitrogens with zero attached hydrogens (tertiary/aromatic N) is 1. The summed E-state index contributed by atoms with van der Waals surface area (Å²) in [6, 6.07) is 0. The molecular weight excluding hydrogens is 186 g/mol. The molecule has 0 radical (unpaired) electrons. The lowest BCUT2D eigenvalue weighted by atomic mass is 9.46. The van der Waals surface area contributed by atoms with Crippen LogP contribution < -0.4 is 0 Å². The van der Waals surface area contributed by atoms with Crippen molar-refractivity contribution in [3.05, 3.63) is 0 Å². The quantitative estimate of drug-likeness (QED) is 0.598. The Bertz CT molecular complexity index is 239. The standard InChI is InChI=1S/C10H18.C3H5NO/c1-7-4-5-8-6-9(7)10(8,2)3;1-2-4-5-3-1/h7-9H,4-6H2,1-3H3;2H,1,3H2. The van der Waals surface area contributed by atoms with Gasteiger partial charge in [-0.1, -0.05) is 32.3 Å². The maximum atomic E-state index is 4.51. The molecule has 3 unspecified atom stereocenters. The van der Waals surface area contributed by atoms with Crippen molar-refractivity contribution in [3.63, 3.8) is 0 Å². The third kappa shape index (κ3) is 2.04. The minimum Gasteiger partial charge on any atom is -0.396 e. The van der Waals surface area contributed by atoms with Gasteiger partial charge in [-0.25, -0.2) is 0 Å². The number of oxime groups is 1. The van der Waals surface area contributed by atoms with E-state index in [1.54, 1.807) is 6.21 Å². The molecule has 2 heteroatoms. The molecule has 0 spiro atoms. The van der Waals surface area contributed by atoms with Crippen molar-refractivity contribution in [2.75, 3.05) is 6.61 Å². The summed E-state index contributed by atoms with van der Waals surface area (Å²) < 4.78 is 0. The maximum Gasteiger partial charge on any atom is 0.122 e. The number of hydrogen-bond acceptors (Lipinski definition) is 2. The van der Waals surface area contributed by atoms with Crippen molar-refractivity contribution in [1.29, 1.82) is 0 Å². The molecule has 0 aromatic rings. The molecule has 0 amide bonds. The first-order chi connectivity index (χ1) is 7.12. The highest BCUT2D eigenvalue weighted by molar-refractivity contribution is 5.57. The summed E-state index contributed by atoms with van der Waals surface area (Å²) >= 11 is 0. The van der Waals surface area contributed by atoms with Crippen molar-refractivity contribution >= 4 is 6.21 Å². The van der Waals surface area contributed by atoms with Crippen molar-refractivity contribution in [2.24, 2.45) is 28.3 Å². The normalized spacial score (nSPS) is 39.8. The number of hydrogen-bond donors (Lipinski definition) is 0. The summed E-state index contributed by atoms with van der Waals surface area (Å²) in [5.41, 5.74) is 0.706. The van der Waals surface area contributed by atoms with Gasteiger partial charge < -0.3 is 4.84 Å². The van der Waals surface area contributed by atoms with Gasteiger partial charge in [0.1, 0.15) is 6.61 Å². The lowest BCUT2D eigenvalue weighted by Gasteiger charge is -2.59. The van der Waals surface area contributed by atoms with E-state index in [0.717, 1.165) is 30.8 Å². The average Bonchev–Trinajstić information content (AvgIpc) is 2.75. The highest BCUT2D eigenvalue weighted by Gasteiger charge is 2.52. The van der Waals surface area contributed by atoms with Gasteiger partial charge in [-0.15, -0.1) is 0 Å². The van der Waals surface area contributed by atoms with E-state index in [1.165, 1.54) is 19.3 Å². The summed E-state index contributed by atoms with van der Waals surface area (Å²) in [5, 5.41) is 3.46. The molecule has 3 aliphatic carbocycles. The van der Waals surface area contributed by atoms with Crippen LogP contribution in [0, 0.1) is 23.2 Å². The van der Waals surface area contributed by atoms with Gasteiger partial charge in [0.25, 0.3) is 0 Å². The van der Waals surface area contributed by atoms with Gasteiger partial charge in [0.15, 0.2) is 0 Å². The van der Waals surface area contributed by atoms with E-state index in [4.69, 9.17) is 0 Å². The molecule has 0 aromatic carbocycles. The molecule has 4 rings (SSSR count). The van der Waals surface area contributed by atoms with Crippen LogP contribution in [-0.2, 0) is 4.84 Å².